The van der Waals surface area contributed by atoms with Crippen molar-refractivity contribution in [1.29, 1.82) is 0 Å². The molecule has 3 nitrogen and oxygen atoms in total. The molecule has 0 N–H and O–H groups in total. The van der Waals surface area contributed by atoms with Gasteiger partial charge in [-0.05, 0) is 13.8 Å². The highest BCUT2D eigenvalue weighted by Gasteiger charge is 2.18. The summed E-state index contributed by atoms with van der Waals surface area (Å²) in [5.41, 5.74) is 0. The van der Waals surface area contributed by atoms with Crippen molar-refractivity contribution in [3.63, 3.8) is 0 Å². The average molecular weight is 278 g/mol. The molecule has 0 fully saturated rings. The van der Waals surface area contributed by atoms with Crippen molar-refractivity contribution in [3.05, 3.63) is 18.2 Å². The SMILES string of the molecule is COc1cnc(C(C)(C)I)nc1. The van der Waals surface area contributed by atoms with E-state index in [9.17, 15) is 0 Å². The monoisotopic (exact) mass is 278 g/mol. The summed E-state index contributed by atoms with van der Waals surface area (Å²) in [5, 5.41) is 0. The summed E-state index contributed by atoms with van der Waals surface area (Å²) < 4.78 is 4.93. The molecule has 0 unspecified atom stereocenters. The lowest BCUT2D eigenvalue weighted by Crippen LogP contribution is -2.11. The third-order valence-corrected chi connectivity index (χ3v) is 1.88. The molecule has 0 aliphatic heterocycles. The van der Waals surface area contributed by atoms with E-state index in [-0.39, 0.29) is 3.42 Å². The molecular weight excluding hydrogens is 267 g/mol. The van der Waals surface area contributed by atoms with Crippen LogP contribution in [0.15, 0.2) is 12.4 Å². The lowest BCUT2D eigenvalue weighted by atomic mass is 10.2. The van der Waals surface area contributed by atoms with Gasteiger partial charge in [-0.25, -0.2) is 9.97 Å². The van der Waals surface area contributed by atoms with Gasteiger partial charge in [-0.15, -0.1) is 0 Å². The standard InChI is InChI=1S/C8H11IN2O/c1-8(2,9)7-10-4-6(12-3)5-11-7/h4-5H,1-3H3. The maximum Gasteiger partial charge on any atom is 0.155 e. The molecule has 4 heteroatoms. The highest BCUT2D eigenvalue weighted by atomic mass is 127. The highest BCUT2D eigenvalue weighted by molar-refractivity contribution is 14.1. The van der Waals surface area contributed by atoms with Crippen LogP contribution in [0.1, 0.15) is 19.7 Å². The second-order valence-corrected chi connectivity index (χ2v) is 5.62. The minimum absolute atomic E-state index is 0.0238. The Bertz CT molecular complexity index is 253. The van der Waals surface area contributed by atoms with E-state index in [1.807, 2.05) is 0 Å². The van der Waals surface area contributed by atoms with Crippen molar-refractivity contribution in [1.82, 2.24) is 9.97 Å². The lowest BCUT2D eigenvalue weighted by Gasteiger charge is -2.13. The van der Waals surface area contributed by atoms with Crippen molar-refractivity contribution in [2.24, 2.45) is 0 Å². The number of methoxy groups -OCH3 is 1. The Morgan fingerprint density at radius 2 is 1.83 bits per heavy atom. The summed E-state index contributed by atoms with van der Waals surface area (Å²) in [7, 11) is 1.60. The first-order chi connectivity index (χ1) is 5.54. The first-order valence-corrected chi connectivity index (χ1v) is 4.67. The minimum atomic E-state index is -0.0238. The molecule has 0 saturated carbocycles. The van der Waals surface area contributed by atoms with Crippen molar-refractivity contribution in [2.45, 2.75) is 17.3 Å². The topological polar surface area (TPSA) is 35.0 Å². The van der Waals surface area contributed by atoms with E-state index >= 15 is 0 Å². The zero-order chi connectivity index (χ0) is 9.19. The van der Waals surface area contributed by atoms with E-state index in [0.29, 0.717) is 5.75 Å². The van der Waals surface area contributed by atoms with Gasteiger partial charge in [0.25, 0.3) is 0 Å². The van der Waals surface area contributed by atoms with E-state index < -0.39 is 0 Å². The van der Waals surface area contributed by atoms with Crippen LogP contribution in [0, 0.1) is 0 Å². The van der Waals surface area contributed by atoms with E-state index in [1.54, 1.807) is 19.5 Å². The summed E-state index contributed by atoms with van der Waals surface area (Å²) in [5.74, 6) is 1.52. The normalized spacial score (nSPS) is 11.3. The van der Waals surface area contributed by atoms with E-state index in [0.717, 1.165) is 5.82 Å². The molecule has 0 atom stereocenters. The van der Waals surface area contributed by atoms with Crippen LogP contribution in [0.4, 0.5) is 0 Å². The molecular formula is C8H11IN2O. The Balaban J connectivity index is 2.93. The summed E-state index contributed by atoms with van der Waals surface area (Å²) in [6, 6.07) is 0. The number of halogens is 1. The molecule has 0 amide bonds. The Labute approximate surface area is 85.7 Å². The van der Waals surface area contributed by atoms with Crippen LogP contribution in [0.3, 0.4) is 0 Å². The Morgan fingerprint density at radius 1 is 1.33 bits per heavy atom. The van der Waals surface area contributed by atoms with E-state index in [4.69, 9.17) is 4.74 Å². The summed E-state index contributed by atoms with van der Waals surface area (Å²) >= 11 is 2.30. The van der Waals surface area contributed by atoms with Crippen molar-refractivity contribution >= 4 is 22.6 Å². The molecule has 0 spiro atoms. The fourth-order valence-corrected chi connectivity index (χ4v) is 1.01. The van der Waals surface area contributed by atoms with Gasteiger partial charge in [0.15, 0.2) is 5.75 Å². The van der Waals surface area contributed by atoms with Crippen molar-refractivity contribution < 1.29 is 4.74 Å². The Morgan fingerprint density at radius 3 is 2.17 bits per heavy atom. The predicted molar refractivity (Wildman–Crippen MR) is 55.6 cm³/mol. The van der Waals surface area contributed by atoms with Gasteiger partial charge in [-0.3, -0.25) is 0 Å². The third-order valence-electron chi connectivity index (χ3n) is 1.40. The summed E-state index contributed by atoms with van der Waals surface area (Å²) in [6.07, 6.45) is 3.37. The fourth-order valence-electron chi connectivity index (χ4n) is 0.729. The fraction of sp³-hybridized carbons (Fsp3) is 0.500. The first kappa shape index (κ1) is 9.70. The molecule has 1 aromatic rings. The number of aromatic nitrogens is 2. The quantitative estimate of drug-likeness (QED) is 0.614. The van der Waals surface area contributed by atoms with Gasteiger partial charge in [-0.1, -0.05) is 22.6 Å². The maximum atomic E-state index is 4.95. The molecule has 12 heavy (non-hydrogen) atoms. The lowest BCUT2D eigenvalue weighted by molar-refractivity contribution is 0.409. The van der Waals surface area contributed by atoms with Crippen LogP contribution in [-0.4, -0.2) is 17.1 Å². The highest BCUT2D eigenvalue weighted by Crippen LogP contribution is 2.27. The largest absolute Gasteiger partial charge is 0.494 e. The van der Waals surface area contributed by atoms with Gasteiger partial charge in [0.1, 0.15) is 5.82 Å². The second kappa shape index (κ2) is 3.55. The first-order valence-electron chi connectivity index (χ1n) is 3.59. The maximum absolute atomic E-state index is 4.95. The molecule has 66 valence electrons. The van der Waals surface area contributed by atoms with E-state index in [2.05, 4.69) is 46.4 Å². The predicted octanol–water partition coefficient (Wildman–Crippen LogP) is 2.16. The summed E-state index contributed by atoms with van der Waals surface area (Å²) in [6.45, 7) is 4.13. The van der Waals surface area contributed by atoms with Crippen LogP contribution < -0.4 is 4.74 Å². The second-order valence-electron chi connectivity index (χ2n) is 2.92. The average Bonchev–Trinajstić information content (AvgIpc) is 2.03. The van der Waals surface area contributed by atoms with Crippen LogP contribution >= 0.6 is 22.6 Å². The number of rotatable bonds is 2. The minimum Gasteiger partial charge on any atom is -0.494 e. The Hall–Kier alpha value is -0.390. The molecule has 0 aromatic carbocycles. The van der Waals surface area contributed by atoms with Crippen molar-refractivity contribution in [2.75, 3.05) is 7.11 Å². The number of alkyl halides is 1. The van der Waals surface area contributed by atoms with Gasteiger partial charge < -0.3 is 4.74 Å². The number of ether oxygens (including phenoxy) is 1. The molecule has 1 heterocycles. The molecule has 0 saturated heterocycles. The van der Waals surface area contributed by atoms with Crippen LogP contribution in [0.5, 0.6) is 5.75 Å². The molecule has 1 aromatic heterocycles. The van der Waals surface area contributed by atoms with Crippen molar-refractivity contribution in [3.8, 4) is 5.75 Å². The molecule has 0 bridgehead atoms. The molecule has 1 rings (SSSR count). The molecule has 0 aliphatic carbocycles. The van der Waals surface area contributed by atoms with Gasteiger partial charge in [0.05, 0.1) is 22.9 Å². The smallest absolute Gasteiger partial charge is 0.155 e. The Kier molecular flexibility index (Phi) is 2.87. The zero-order valence-electron chi connectivity index (χ0n) is 7.34. The third kappa shape index (κ3) is 2.30. The summed E-state index contributed by atoms with van der Waals surface area (Å²) in [4.78, 5) is 8.35. The van der Waals surface area contributed by atoms with Crippen LogP contribution in [0.25, 0.3) is 0 Å². The van der Waals surface area contributed by atoms with Gasteiger partial charge >= 0.3 is 0 Å². The number of hydrogen-bond donors (Lipinski definition) is 0. The molecule has 0 radical (unpaired) electrons. The van der Waals surface area contributed by atoms with Crippen LogP contribution in [-0.2, 0) is 3.42 Å². The van der Waals surface area contributed by atoms with Gasteiger partial charge in [0.2, 0.25) is 0 Å². The zero-order valence-corrected chi connectivity index (χ0v) is 9.49. The van der Waals surface area contributed by atoms with Gasteiger partial charge in [-0.2, -0.15) is 0 Å². The van der Waals surface area contributed by atoms with Gasteiger partial charge in [0, 0.05) is 0 Å². The number of nitrogens with zero attached hydrogens (tertiary/aromatic N) is 2. The van der Waals surface area contributed by atoms with Crippen LogP contribution in [0.2, 0.25) is 0 Å². The van der Waals surface area contributed by atoms with E-state index in [1.165, 1.54) is 0 Å². The molecule has 0 aliphatic rings. The number of hydrogen-bond acceptors (Lipinski definition) is 3.